The Bertz CT molecular complexity index is 293. The van der Waals surface area contributed by atoms with Crippen LogP contribution >= 0.6 is 0 Å². The van der Waals surface area contributed by atoms with Gasteiger partial charge in [0.2, 0.25) is 0 Å². The third kappa shape index (κ3) is 2.46. The molecule has 0 bridgehead atoms. The van der Waals surface area contributed by atoms with Crippen LogP contribution < -0.4 is 5.32 Å². The summed E-state index contributed by atoms with van der Waals surface area (Å²) in [5.74, 6) is 1.89. The van der Waals surface area contributed by atoms with Gasteiger partial charge in [-0.15, -0.1) is 0 Å². The van der Waals surface area contributed by atoms with Gasteiger partial charge in [-0.3, -0.25) is 4.90 Å². The zero-order valence-electron chi connectivity index (χ0n) is 12.6. The van der Waals surface area contributed by atoms with Crippen molar-refractivity contribution in [3.63, 3.8) is 0 Å². The first-order valence-electron chi connectivity index (χ1n) is 7.79. The lowest BCUT2D eigenvalue weighted by atomic mass is 9.63. The number of nitrogens with zero attached hydrogens (tertiary/aromatic N) is 1. The summed E-state index contributed by atoms with van der Waals surface area (Å²) in [6, 6.07) is 0.842. The zero-order chi connectivity index (χ0) is 13.0. The summed E-state index contributed by atoms with van der Waals surface area (Å²) in [6.45, 7) is 15.1. The first-order chi connectivity index (χ1) is 8.35. The third-order valence-electron chi connectivity index (χ3n) is 5.47. The van der Waals surface area contributed by atoms with Gasteiger partial charge in [0.1, 0.15) is 0 Å². The van der Waals surface area contributed by atoms with Gasteiger partial charge in [-0.1, -0.05) is 27.7 Å². The van der Waals surface area contributed by atoms with E-state index in [2.05, 4.69) is 37.9 Å². The van der Waals surface area contributed by atoms with Gasteiger partial charge >= 0.3 is 0 Å². The minimum absolute atomic E-state index is 0.530. The Morgan fingerprint density at radius 2 is 1.39 bits per heavy atom. The average molecular weight is 250 g/mol. The van der Waals surface area contributed by atoms with E-state index >= 15 is 0 Å². The number of rotatable bonds is 1. The maximum Gasteiger partial charge on any atom is 0.0106 e. The second-order valence-electron chi connectivity index (χ2n) is 8.70. The van der Waals surface area contributed by atoms with E-state index in [1.165, 1.54) is 45.4 Å². The van der Waals surface area contributed by atoms with Crippen LogP contribution in [-0.4, -0.2) is 37.1 Å². The lowest BCUT2D eigenvalue weighted by Gasteiger charge is -2.48. The highest BCUT2D eigenvalue weighted by Gasteiger charge is 2.44. The first-order valence-corrected chi connectivity index (χ1v) is 7.79. The Balaban J connectivity index is 1.69. The molecule has 3 fully saturated rings. The number of nitrogens with one attached hydrogen (secondary N) is 1. The van der Waals surface area contributed by atoms with Crippen LogP contribution in [0, 0.1) is 22.7 Å². The molecule has 0 radical (unpaired) electrons. The Morgan fingerprint density at radius 1 is 0.889 bits per heavy atom. The van der Waals surface area contributed by atoms with Gasteiger partial charge in [-0.05, 0) is 55.0 Å². The number of fused-ring (bicyclic) bond motifs is 1. The molecule has 104 valence electrons. The number of likely N-dealkylation sites (tertiary alicyclic amines) is 1. The third-order valence-corrected chi connectivity index (χ3v) is 5.47. The zero-order valence-corrected chi connectivity index (χ0v) is 12.6. The second kappa shape index (κ2) is 4.21. The predicted molar refractivity (Wildman–Crippen MR) is 76.6 cm³/mol. The van der Waals surface area contributed by atoms with Crippen molar-refractivity contribution in [3.8, 4) is 0 Å². The van der Waals surface area contributed by atoms with Crippen molar-refractivity contribution in [2.45, 2.75) is 53.0 Å². The van der Waals surface area contributed by atoms with E-state index in [0.29, 0.717) is 10.8 Å². The van der Waals surface area contributed by atoms with Crippen molar-refractivity contribution >= 4 is 0 Å². The Labute approximate surface area is 113 Å². The second-order valence-corrected chi connectivity index (χ2v) is 8.70. The lowest BCUT2D eigenvalue weighted by Crippen LogP contribution is -2.46. The normalized spacial score (nSPS) is 40.0. The van der Waals surface area contributed by atoms with Crippen molar-refractivity contribution in [3.05, 3.63) is 0 Å². The molecule has 1 N–H and O–H groups in total. The molecule has 3 aliphatic rings. The van der Waals surface area contributed by atoms with E-state index in [9.17, 15) is 0 Å². The molecule has 0 unspecified atom stereocenters. The van der Waals surface area contributed by atoms with Crippen LogP contribution in [0.25, 0.3) is 0 Å². The van der Waals surface area contributed by atoms with Crippen LogP contribution in [-0.2, 0) is 0 Å². The fraction of sp³-hybridized carbons (Fsp3) is 1.00. The van der Waals surface area contributed by atoms with Crippen molar-refractivity contribution in [1.29, 1.82) is 0 Å². The molecule has 2 nitrogen and oxygen atoms in total. The van der Waals surface area contributed by atoms with E-state index in [-0.39, 0.29) is 0 Å². The molecule has 2 heterocycles. The molecule has 0 spiro atoms. The molecule has 2 aliphatic heterocycles. The molecular formula is C16H30N2. The Hall–Kier alpha value is -0.0800. The molecular weight excluding hydrogens is 220 g/mol. The summed E-state index contributed by atoms with van der Waals surface area (Å²) < 4.78 is 0. The van der Waals surface area contributed by atoms with Gasteiger partial charge in [0.05, 0.1) is 0 Å². The fourth-order valence-corrected chi connectivity index (χ4v) is 5.24. The van der Waals surface area contributed by atoms with Crippen molar-refractivity contribution in [2.75, 3.05) is 26.2 Å². The van der Waals surface area contributed by atoms with Gasteiger partial charge in [0.15, 0.2) is 0 Å². The minimum atomic E-state index is 0.530. The number of hydrogen-bond donors (Lipinski definition) is 1. The summed E-state index contributed by atoms with van der Waals surface area (Å²) in [5.41, 5.74) is 1.06. The van der Waals surface area contributed by atoms with Crippen LogP contribution in [0.3, 0.4) is 0 Å². The highest BCUT2D eigenvalue weighted by molar-refractivity contribution is 4.98. The van der Waals surface area contributed by atoms with E-state index in [0.717, 1.165) is 17.9 Å². The molecule has 0 aromatic heterocycles. The molecule has 0 amide bonds. The predicted octanol–water partition coefficient (Wildman–Crippen LogP) is 2.74. The molecule has 2 heteroatoms. The summed E-state index contributed by atoms with van der Waals surface area (Å²) >= 11 is 0. The molecule has 0 aromatic rings. The summed E-state index contributed by atoms with van der Waals surface area (Å²) in [7, 11) is 0. The van der Waals surface area contributed by atoms with Crippen LogP contribution in [0.15, 0.2) is 0 Å². The maximum absolute atomic E-state index is 3.55. The smallest absolute Gasteiger partial charge is 0.0106 e. The van der Waals surface area contributed by atoms with Crippen molar-refractivity contribution < 1.29 is 0 Å². The fourth-order valence-electron chi connectivity index (χ4n) is 5.24. The van der Waals surface area contributed by atoms with E-state index in [1.54, 1.807) is 0 Å². The molecule has 1 aliphatic carbocycles. The summed E-state index contributed by atoms with van der Waals surface area (Å²) in [6.07, 6.45) is 4.20. The van der Waals surface area contributed by atoms with Gasteiger partial charge < -0.3 is 5.32 Å². The van der Waals surface area contributed by atoms with Gasteiger partial charge in [0, 0.05) is 19.1 Å². The van der Waals surface area contributed by atoms with Gasteiger partial charge in [0.25, 0.3) is 0 Å². The SMILES string of the molecule is CC1(C)CC(N2C[C@H]3CNC[C@H]3C2)CC(C)(C)C1. The molecule has 3 rings (SSSR count). The van der Waals surface area contributed by atoms with Crippen molar-refractivity contribution in [1.82, 2.24) is 10.2 Å². The molecule has 1 saturated carbocycles. The largest absolute Gasteiger partial charge is 0.316 e. The quantitative estimate of drug-likeness (QED) is 0.770. The topological polar surface area (TPSA) is 15.3 Å². The summed E-state index contributed by atoms with van der Waals surface area (Å²) in [4.78, 5) is 2.83. The van der Waals surface area contributed by atoms with Crippen LogP contribution in [0.1, 0.15) is 47.0 Å². The van der Waals surface area contributed by atoms with Crippen LogP contribution in [0.5, 0.6) is 0 Å². The number of hydrogen-bond acceptors (Lipinski definition) is 2. The minimum Gasteiger partial charge on any atom is -0.316 e. The monoisotopic (exact) mass is 250 g/mol. The van der Waals surface area contributed by atoms with Gasteiger partial charge in [-0.25, -0.2) is 0 Å². The van der Waals surface area contributed by atoms with Crippen molar-refractivity contribution in [2.24, 2.45) is 22.7 Å². The standard InChI is InChI=1S/C16H30N2/c1-15(2)5-14(6-16(3,4)11-15)18-9-12-7-17-8-13(12)10-18/h12-14,17H,5-11H2,1-4H3/t12-,13+. The highest BCUT2D eigenvalue weighted by Crippen LogP contribution is 2.48. The Kier molecular flexibility index (Phi) is 3.02. The average Bonchev–Trinajstić information content (AvgIpc) is 2.69. The summed E-state index contributed by atoms with van der Waals surface area (Å²) in [5, 5.41) is 3.55. The Morgan fingerprint density at radius 3 is 1.89 bits per heavy atom. The highest BCUT2D eigenvalue weighted by atomic mass is 15.2. The van der Waals surface area contributed by atoms with Crippen LogP contribution in [0.2, 0.25) is 0 Å². The van der Waals surface area contributed by atoms with Crippen LogP contribution in [0.4, 0.5) is 0 Å². The van der Waals surface area contributed by atoms with E-state index in [1.807, 2.05) is 0 Å². The molecule has 2 saturated heterocycles. The van der Waals surface area contributed by atoms with Gasteiger partial charge in [-0.2, -0.15) is 0 Å². The maximum atomic E-state index is 3.55. The first kappa shape index (κ1) is 12.9. The van der Waals surface area contributed by atoms with E-state index in [4.69, 9.17) is 0 Å². The van der Waals surface area contributed by atoms with E-state index < -0.39 is 0 Å². The molecule has 0 aromatic carbocycles. The lowest BCUT2D eigenvalue weighted by molar-refractivity contribution is 0.0315. The molecule has 2 atom stereocenters. The molecule has 18 heavy (non-hydrogen) atoms.